The van der Waals surface area contributed by atoms with Crippen LogP contribution in [0.1, 0.15) is 41.6 Å². The van der Waals surface area contributed by atoms with Gasteiger partial charge >= 0.3 is 11.9 Å². The van der Waals surface area contributed by atoms with E-state index in [1.54, 1.807) is 0 Å². The molecule has 0 aliphatic carbocycles. The van der Waals surface area contributed by atoms with E-state index in [4.69, 9.17) is 9.47 Å². The summed E-state index contributed by atoms with van der Waals surface area (Å²) in [7, 11) is 0. The normalized spacial score (nSPS) is 15.4. The number of hydrogen-bond acceptors (Lipinski definition) is 4. The second kappa shape index (κ2) is 11.4. The van der Waals surface area contributed by atoms with E-state index in [0.717, 1.165) is 42.2 Å². The molecule has 30 heavy (non-hydrogen) atoms. The van der Waals surface area contributed by atoms with E-state index in [2.05, 4.69) is 73.1 Å². The Labute approximate surface area is 217 Å². The van der Waals surface area contributed by atoms with Gasteiger partial charge in [0.25, 0.3) is 0 Å². The number of carbonyl (C=O) groups excluding carboxylic acids is 2. The molecule has 0 unspecified atom stereocenters. The Morgan fingerprint density at radius 3 is 2.43 bits per heavy atom. The second-order valence-corrected chi connectivity index (χ2v) is 10.7. The van der Waals surface area contributed by atoms with Gasteiger partial charge in [-0.25, -0.2) is 4.79 Å². The summed E-state index contributed by atoms with van der Waals surface area (Å²) in [4.78, 5) is 25.0. The smallest absolute Gasteiger partial charge is 0.339 e. The summed E-state index contributed by atoms with van der Waals surface area (Å²) in [5, 5.41) is 2.25. The minimum absolute atomic E-state index is 0.193. The van der Waals surface area contributed by atoms with E-state index >= 15 is 0 Å². The summed E-state index contributed by atoms with van der Waals surface area (Å²) in [5.41, 5.74) is 1.08. The maximum Gasteiger partial charge on any atom is 0.339 e. The molecule has 1 aliphatic rings. The molecule has 1 aliphatic heterocycles. The maximum atomic E-state index is 12.6. The van der Waals surface area contributed by atoms with Crippen LogP contribution in [-0.2, 0) is 19.9 Å². The molecule has 0 bridgehead atoms. The zero-order valence-corrected chi connectivity index (χ0v) is 22.8. The Hall–Kier alpha value is -0.470. The summed E-state index contributed by atoms with van der Waals surface area (Å²) in [6.45, 7) is 2.07. The molecule has 1 heterocycles. The van der Waals surface area contributed by atoms with Crippen LogP contribution in [0.4, 0.5) is 0 Å². The number of piperidine rings is 1. The number of carbonyl (C=O) groups is 2. The zero-order valence-electron chi connectivity index (χ0n) is 16.3. The van der Waals surface area contributed by atoms with Crippen LogP contribution in [0.2, 0.25) is 0 Å². The highest BCUT2D eigenvalue weighted by Gasteiger charge is 2.39. The summed E-state index contributed by atoms with van der Waals surface area (Å²) in [6, 6.07) is 13.8. The van der Waals surface area contributed by atoms with Crippen LogP contribution in [0.15, 0.2) is 42.5 Å². The third-order valence-corrected chi connectivity index (χ3v) is 8.75. The fraction of sp³-hybridized carbons (Fsp3) is 0.364. The summed E-state index contributed by atoms with van der Waals surface area (Å²) in [6.07, 6.45) is 2.29. The monoisotopic (exact) mass is 746 g/mol. The van der Waals surface area contributed by atoms with Crippen molar-refractivity contribution in [1.29, 1.82) is 0 Å². The fourth-order valence-corrected chi connectivity index (χ4v) is 5.94. The first kappa shape index (κ1) is 24.2. The number of nitrogens with two attached hydrogens (primary N) is 1. The number of rotatable bonds is 7. The third-order valence-electron chi connectivity index (χ3n) is 5.08. The van der Waals surface area contributed by atoms with Crippen LogP contribution < -0.4 is 5.32 Å². The van der Waals surface area contributed by atoms with Crippen LogP contribution in [0.25, 0.3) is 0 Å². The average molecular weight is 746 g/mol. The minimum Gasteiger partial charge on any atom is -0.462 e. The first-order valence-electron chi connectivity index (χ1n) is 9.82. The van der Waals surface area contributed by atoms with Gasteiger partial charge in [-0.1, -0.05) is 30.3 Å². The molecule has 0 spiro atoms. The van der Waals surface area contributed by atoms with E-state index in [9.17, 15) is 9.59 Å². The van der Waals surface area contributed by atoms with Gasteiger partial charge in [-0.15, -0.1) is 0 Å². The highest BCUT2D eigenvalue weighted by molar-refractivity contribution is 14.1. The standard InChI is InChI=1S/C22H22I3NO4/c23-16-13-17(20(25)18(24)14-16)21(28)29-12-4-7-19(27)30-22(8-10-26-11-9-22)15-5-2-1-3-6-15/h1-3,5-6,13-14,26H,4,7-12H2/p+1. The number of hydrogen-bond donors (Lipinski definition) is 1. The Balaban J connectivity index is 1.52. The fourth-order valence-electron chi connectivity index (χ4n) is 3.56. The van der Waals surface area contributed by atoms with Gasteiger partial charge in [0.05, 0.1) is 25.3 Å². The molecule has 2 aromatic carbocycles. The number of ether oxygens (including phenoxy) is 2. The molecule has 1 saturated heterocycles. The molecule has 0 atom stereocenters. The molecular weight excluding hydrogens is 723 g/mol. The molecule has 2 aromatic rings. The zero-order chi connectivity index (χ0) is 21.6. The van der Waals surface area contributed by atoms with E-state index in [1.165, 1.54) is 0 Å². The average Bonchev–Trinajstić information content (AvgIpc) is 2.75. The predicted molar refractivity (Wildman–Crippen MR) is 139 cm³/mol. The molecule has 0 radical (unpaired) electrons. The molecule has 8 heteroatoms. The molecule has 5 nitrogen and oxygen atoms in total. The topological polar surface area (TPSA) is 69.2 Å². The molecule has 160 valence electrons. The van der Waals surface area contributed by atoms with Crippen LogP contribution in [0.5, 0.6) is 0 Å². The molecule has 0 saturated carbocycles. The highest BCUT2D eigenvalue weighted by atomic mass is 127. The van der Waals surface area contributed by atoms with Crippen molar-refractivity contribution in [2.45, 2.75) is 31.3 Å². The molecule has 1 fully saturated rings. The van der Waals surface area contributed by atoms with Crippen LogP contribution in [0.3, 0.4) is 0 Å². The number of quaternary nitrogens is 1. The SMILES string of the molecule is O=C(CCCOC(=O)c1cc(I)cc(I)c1I)OC1(c2ccccc2)CC[NH2+]CC1. The van der Waals surface area contributed by atoms with Crippen LogP contribution in [-0.4, -0.2) is 31.6 Å². The highest BCUT2D eigenvalue weighted by Crippen LogP contribution is 2.34. The number of benzene rings is 2. The van der Waals surface area contributed by atoms with Crippen molar-refractivity contribution in [3.05, 3.63) is 64.3 Å². The van der Waals surface area contributed by atoms with E-state index in [0.29, 0.717) is 12.0 Å². The predicted octanol–water partition coefficient (Wildman–Crippen LogP) is 4.23. The first-order chi connectivity index (χ1) is 14.4. The lowest BCUT2D eigenvalue weighted by atomic mass is 9.84. The minimum atomic E-state index is -0.544. The van der Waals surface area contributed by atoms with E-state index < -0.39 is 5.60 Å². The van der Waals surface area contributed by atoms with Crippen molar-refractivity contribution in [2.24, 2.45) is 0 Å². The van der Waals surface area contributed by atoms with Gasteiger partial charge in [0.2, 0.25) is 0 Å². The molecule has 2 N–H and O–H groups in total. The third kappa shape index (κ3) is 6.28. The van der Waals surface area contributed by atoms with Gasteiger partial charge in [0, 0.05) is 30.0 Å². The van der Waals surface area contributed by atoms with E-state index in [-0.39, 0.29) is 25.0 Å². The Morgan fingerprint density at radius 2 is 1.73 bits per heavy atom. The van der Waals surface area contributed by atoms with Crippen LogP contribution >= 0.6 is 67.8 Å². The molecule has 3 rings (SSSR count). The maximum absolute atomic E-state index is 12.6. The van der Waals surface area contributed by atoms with Crippen molar-refractivity contribution in [1.82, 2.24) is 0 Å². The second-order valence-electron chi connectivity index (χ2n) is 7.19. The lowest BCUT2D eigenvalue weighted by Crippen LogP contribution is -2.87. The van der Waals surface area contributed by atoms with Gasteiger partial charge in [0.15, 0.2) is 0 Å². The van der Waals surface area contributed by atoms with Crippen molar-refractivity contribution in [3.8, 4) is 0 Å². The Kier molecular flexibility index (Phi) is 9.20. The Morgan fingerprint density at radius 1 is 1.03 bits per heavy atom. The van der Waals surface area contributed by atoms with Crippen molar-refractivity contribution < 1.29 is 24.4 Å². The summed E-state index contributed by atoms with van der Waals surface area (Å²) < 4.78 is 14.3. The largest absolute Gasteiger partial charge is 0.462 e. The van der Waals surface area contributed by atoms with Gasteiger partial charge in [0.1, 0.15) is 5.60 Å². The van der Waals surface area contributed by atoms with Crippen molar-refractivity contribution in [3.63, 3.8) is 0 Å². The lowest BCUT2D eigenvalue weighted by molar-refractivity contribution is -0.668. The quantitative estimate of drug-likeness (QED) is 0.200. The van der Waals surface area contributed by atoms with Crippen LogP contribution in [0, 0.1) is 10.7 Å². The molecule has 0 aromatic heterocycles. The summed E-state index contributed by atoms with van der Waals surface area (Å²) in [5.74, 6) is -0.594. The van der Waals surface area contributed by atoms with Gasteiger partial charge < -0.3 is 14.8 Å². The molecular formula is C22H23I3NO4+. The van der Waals surface area contributed by atoms with Crippen molar-refractivity contribution in [2.75, 3.05) is 19.7 Å². The lowest BCUT2D eigenvalue weighted by Gasteiger charge is -2.36. The van der Waals surface area contributed by atoms with Crippen molar-refractivity contribution >= 4 is 79.7 Å². The van der Waals surface area contributed by atoms with Gasteiger partial charge in [-0.05, 0) is 91.9 Å². The number of esters is 2. The first-order valence-corrected chi connectivity index (χ1v) is 13.1. The molecule has 0 amide bonds. The van der Waals surface area contributed by atoms with E-state index in [1.807, 2.05) is 42.5 Å². The number of halogens is 3. The Bertz CT molecular complexity index is 899. The van der Waals surface area contributed by atoms with Gasteiger partial charge in [-0.2, -0.15) is 0 Å². The summed E-state index contributed by atoms with van der Waals surface area (Å²) >= 11 is 6.56. The van der Waals surface area contributed by atoms with Gasteiger partial charge in [-0.3, -0.25) is 4.79 Å².